The quantitative estimate of drug-likeness (QED) is 0.357. The zero-order valence-corrected chi connectivity index (χ0v) is 13.6. The average Bonchev–Trinajstić information content (AvgIpc) is 2.40. The molecule has 0 spiro atoms. The van der Waals surface area contributed by atoms with Crippen LogP contribution in [0.1, 0.15) is 104 Å². The Labute approximate surface area is 122 Å². The molecule has 0 rings (SSSR count). The minimum absolute atomic E-state index is 0.361. The average molecular weight is 271 g/mol. The Morgan fingerprint density at radius 3 is 1.47 bits per heavy atom. The second kappa shape index (κ2) is 16.0. The third-order valence-corrected chi connectivity index (χ3v) is 4.17. The van der Waals surface area contributed by atoms with Crippen molar-refractivity contribution in [2.45, 2.75) is 104 Å². The first-order valence-electron chi connectivity index (χ1n) is 8.92. The van der Waals surface area contributed by atoms with Gasteiger partial charge < -0.3 is 5.11 Å². The Balaban J connectivity index is 2.99. The van der Waals surface area contributed by atoms with Gasteiger partial charge in [-0.2, -0.15) is 0 Å². The molecule has 0 aromatic rings. The van der Waals surface area contributed by atoms with Crippen molar-refractivity contribution in [3.05, 3.63) is 0 Å². The first-order chi connectivity index (χ1) is 9.31. The number of aliphatic hydroxyl groups is 1. The molecule has 1 heteroatoms. The fourth-order valence-corrected chi connectivity index (χ4v) is 2.70. The van der Waals surface area contributed by atoms with Crippen molar-refractivity contribution in [1.82, 2.24) is 0 Å². The van der Waals surface area contributed by atoms with Gasteiger partial charge in [-0.15, -0.1) is 0 Å². The molecule has 0 aliphatic heterocycles. The van der Waals surface area contributed by atoms with Gasteiger partial charge in [-0.05, 0) is 12.3 Å². The molecule has 1 unspecified atom stereocenters. The second-order valence-electron chi connectivity index (χ2n) is 6.30. The van der Waals surface area contributed by atoms with E-state index in [4.69, 9.17) is 5.11 Å². The minimum atomic E-state index is 0.361. The molecule has 0 radical (unpaired) electrons. The fraction of sp³-hybridized carbons (Fsp3) is 1.00. The van der Waals surface area contributed by atoms with E-state index in [2.05, 4.69) is 13.8 Å². The first kappa shape index (κ1) is 19.0. The van der Waals surface area contributed by atoms with E-state index in [0.29, 0.717) is 12.5 Å². The van der Waals surface area contributed by atoms with E-state index in [1.54, 1.807) is 0 Å². The van der Waals surface area contributed by atoms with Crippen LogP contribution in [0.2, 0.25) is 0 Å². The van der Waals surface area contributed by atoms with Crippen molar-refractivity contribution in [2.75, 3.05) is 6.61 Å². The van der Waals surface area contributed by atoms with E-state index in [0.717, 1.165) is 6.42 Å². The maximum atomic E-state index is 8.83. The molecule has 0 heterocycles. The van der Waals surface area contributed by atoms with Gasteiger partial charge in [0.15, 0.2) is 0 Å². The smallest absolute Gasteiger partial charge is 0.0433 e. The summed E-state index contributed by atoms with van der Waals surface area (Å²) in [6.45, 7) is 4.90. The molecule has 0 saturated carbocycles. The number of aliphatic hydroxyl groups excluding tert-OH is 1. The second-order valence-corrected chi connectivity index (χ2v) is 6.30. The van der Waals surface area contributed by atoms with Crippen molar-refractivity contribution in [2.24, 2.45) is 5.92 Å². The molecule has 116 valence electrons. The molecule has 0 bridgehead atoms. The third-order valence-electron chi connectivity index (χ3n) is 4.17. The lowest BCUT2D eigenvalue weighted by Crippen LogP contribution is -1.97. The molecule has 0 amide bonds. The molecule has 19 heavy (non-hydrogen) atoms. The zero-order valence-electron chi connectivity index (χ0n) is 13.6. The van der Waals surface area contributed by atoms with E-state index < -0.39 is 0 Å². The Morgan fingerprint density at radius 1 is 0.632 bits per heavy atom. The topological polar surface area (TPSA) is 20.2 Å². The highest BCUT2D eigenvalue weighted by molar-refractivity contribution is 4.54. The molecule has 1 nitrogen and oxygen atoms in total. The van der Waals surface area contributed by atoms with Crippen LogP contribution in [0.5, 0.6) is 0 Å². The van der Waals surface area contributed by atoms with Crippen LogP contribution >= 0.6 is 0 Å². The van der Waals surface area contributed by atoms with Crippen LogP contribution in [0, 0.1) is 5.92 Å². The highest BCUT2D eigenvalue weighted by atomic mass is 16.3. The fourth-order valence-electron chi connectivity index (χ4n) is 2.70. The van der Waals surface area contributed by atoms with Crippen LogP contribution in [-0.2, 0) is 0 Å². The molecule has 0 aliphatic carbocycles. The van der Waals surface area contributed by atoms with Crippen LogP contribution in [0.15, 0.2) is 0 Å². The summed E-state index contributed by atoms with van der Waals surface area (Å²) >= 11 is 0. The van der Waals surface area contributed by atoms with Crippen LogP contribution in [0.25, 0.3) is 0 Å². The van der Waals surface area contributed by atoms with Gasteiger partial charge in [-0.3, -0.25) is 0 Å². The minimum Gasteiger partial charge on any atom is -0.396 e. The lowest BCUT2D eigenvalue weighted by atomic mass is 9.99. The molecule has 0 aliphatic rings. The van der Waals surface area contributed by atoms with E-state index in [1.807, 2.05) is 0 Å². The Bertz CT molecular complexity index is 156. The Hall–Kier alpha value is -0.0400. The van der Waals surface area contributed by atoms with Gasteiger partial charge in [0.2, 0.25) is 0 Å². The number of hydrogen-bond donors (Lipinski definition) is 1. The van der Waals surface area contributed by atoms with Gasteiger partial charge in [-0.25, -0.2) is 0 Å². The zero-order chi connectivity index (χ0) is 14.2. The predicted octanol–water partition coefficient (Wildman–Crippen LogP) is 6.10. The maximum Gasteiger partial charge on any atom is 0.0433 e. The predicted molar refractivity (Wildman–Crippen MR) is 86.6 cm³/mol. The van der Waals surface area contributed by atoms with Crippen molar-refractivity contribution in [3.63, 3.8) is 0 Å². The molecule has 0 aromatic carbocycles. The SMILES string of the molecule is CCCCCCCCCCCCCCC(C)CCO. The lowest BCUT2D eigenvalue weighted by molar-refractivity contribution is 0.256. The van der Waals surface area contributed by atoms with E-state index in [9.17, 15) is 0 Å². The summed E-state index contributed by atoms with van der Waals surface area (Å²) in [7, 11) is 0. The first-order valence-corrected chi connectivity index (χ1v) is 8.92. The summed E-state index contributed by atoms with van der Waals surface area (Å²) in [5, 5.41) is 8.83. The van der Waals surface area contributed by atoms with Crippen molar-refractivity contribution < 1.29 is 5.11 Å². The number of rotatable bonds is 15. The van der Waals surface area contributed by atoms with Crippen molar-refractivity contribution in [1.29, 1.82) is 0 Å². The standard InChI is InChI=1S/C18H38O/c1-3-4-5-6-7-8-9-10-11-12-13-14-15-18(2)16-17-19/h18-19H,3-17H2,1-2H3. The maximum absolute atomic E-state index is 8.83. The molecular formula is C18H38O. The van der Waals surface area contributed by atoms with Crippen LogP contribution in [-0.4, -0.2) is 11.7 Å². The highest BCUT2D eigenvalue weighted by Crippen LogP contribution is 2.15. The van der Waals surface area contributed by atoms with E-state index in [-0.39, 0.29) is 0 Å². The van der Waals surface area contributed by atoms with Crippen LogP contribution < -0.4 is 0 Å². The molecule has 1 atom stereocenters. The molecule has 0 fully saturated rings. The molecule has 0 saturated heterocycles. The van der Waals surface area contributed by atoms with Crippen LogP contribution in [0.4, 0.5) is 0 Å². The number of hydrogen-bond acceptors (Lipinski definition) is 1. The Morgan fingerprint density at radius 2 is 1.05 bits per heavy atom. The number of unbranched alkanes of at least 4 members (excludes halogenated alkanes) is 11. The largest absolute Gasteiger partial charge is 0.396 e. The van der Waals surface area contributed by atoms with Gasteiger partial charge in [0, 0.05) is 6.61 Å². The van der Waals surface area contributed by atoms with E-state index in [1.165, 1.54) is 83.5 Å². The van der Waals surface area contributed by atoms with Crippen LogP contribution in [0.3, 0.4) is 0 Å². The Kier molecular flexibility index (Phi) is 16.0. The third kappa shape index (κ3) is 15.9. The molecular weight excluding hydrogens is 232 g/mol. The van der Waals surface area contributed by atoms with Crippen molar-refractivity contribution >= 4 is 0 Å². The molecule has 0 aromatic heterocycles. The summed E-state index contributed by atoms with van der Waals surface area (Å²) in [5.74, 6) is 0.716. The van der Waals surface area contributed by atoms with Gasteiger partial charge >= 0.3 is 0 Å². The summed E-state index contributed by atoms with van der Waals surface area (Å²) in [6.07, 6.45) is 19.4. The summed E-state index contributed by atoms with van der Waals surface area (Å²) < 4.78 is 0. The molecule has 1 N–H and O–H groups in total. The van der Waals surface area contributed by atoms with Crippen molar-refractivity contribution in [3.8, 4) is 0 Å². The van der Waals surface area contributed by atoms with Gasteiger partial charge in [-0.1, -0.05) is 97.3 Å². The van der Waals surface area contributed by atoms with Gasteiger partial charge in [0.05, 0.1) is 0 Å². The summed E-state index contributed by atoms with van der Waals surface area (Å²) in [4.78, 5) is 0. The van der Waals surface area contributed by atoms with Gasteiger partial charge in [0.25, 0.3) is 0 Å². The monoisotopic (exact) mass is 270 g/mol. The lowest BCUT2D eigenvalue weighted by Gasteiger charge is -2.08. The van der Waals surface area contributed by atoms with Gasteiger partial charge in [0.1, 0.15) is 0 Å². The normalized spacial score (nSPS) is 12.8. The summed E-state index contributed by atoms with van der Waals surface area (Å²) in [6, 6.07) is 0. The van der Waals surface area contributed by atoms with E-state index >= 15 is 0 Å². The highest BCUT2D eigenvalue weighted by Gasteiger charge is 2.00. The summed E-state index contributed by atoms with van der Waals surface area (Å²) in [5.41, 5.74) is 0.